The summed E-state index contributed by atoms with van der Waals surface area (Å²) in [5, 5.41) is 2.99. The van der Waals surface area contributed by atoms with E-state index in [1.165, 1.54) is 7.11 Å². The van der Waals surface area contributed by atoms with Crippen molar-refractivity contribution in [2.45, 2.75) is 18.9 Å². The van der Waals surface area contributed by atoms with Crippen molar-refractivity contribution < 1.29 is 14.3 Å². The first-order valence-corrected chi connectivity index (χ1v) is 7.03. The standard InChI is InChI=1S/C15H21N3O3.ClH/c1-21-10-14(19)18-7-5-13(6-8-18)17-15(20)11-3-2-4-12(16)9-11;/h2-4,9,13H,5-8,10,16H2,1H3,(H,17,20);1H. The van der Waals surface area contributed by atoms with Gasteiger partial charge in [-0.05, 0) is 31.0 Å². The van der Waals surface area contributed by atoms with Crippen molar-refractivity contribution in [3.05, 3.63) is 29.8 Å². The molecule has 1 heterocycles. The largest absolute Gasteiger partial charge is 0.399 e. The second-order valence-electron chi connectivity index (χ2n) is 5.19. The van der Waals surface area contributed by atoms with E-state index in [0.29, 0.717) is 24.3 Å². The molecule has 7 heteroatoms. The number of ether oxygens (including phenoxy) is 1. The maximum Gasteiger partial charge on any atom is 0.251 e. The molecule has 122 valence electrons. The molecule has 0 bridgehead atoms. The predicted molar refractivity (Wildman–Crippen MR) is 87.0 cm³/mol. The highest BCUT2D eigenvalue weighted by molar-refractivity contribution is 5.95. The molecular formula is C15H22ClN3O3. The lowest BCUT2D eigenvalue weighted by Crippen LogP contribution is -2.47. The molecule has 1 fully saturated rings. The third-order valence-corrected chi connectivity index (χ3v) is 3.60. The smallest absolute Gasteiger partial charge is 0.251 e. The Bertz CT molecular complexity index is 517. The average Bonchev–Trinajstić information content (AvgIpc) is 2.48. The molecule has 3 N–H and O–H groups in total. The van der Waals surface area contributed by atoms with Gasteiger partial charge >= 0.3 is 0 Å². The van der Waals surface area contributed by atoms with Crippen molar-refractivity contribution in [3.63, 3.8) is 0 Å². The molecule has 1 aliphatic heterocycles. The Hall–Kier alpha value is -1.79. The van der Waals surface area contributed by atoms with E-state index in [1.807, 2.05) is 0 Å². The molecule has 0 saturated carbocycles. The van der Waals surface area contributed by atoms with E-state index in [-0.39, 0.29) is 36.9 Å². The number of likely N-dealkylation sites (tertiary alicyclic amines) is 1. The van der Waals surface area contributed by atoms with E-state index in [1.54, 1.807) is 29.2 Å². The van der Waals surface area contributed by atoms with Crippen LogP contribution in [0, 0.1) is 0 Å². The number of hydrogen-bond acceptors (Lipinski definition) is 4. The number of nitrogen functional groups attached to an aromatic ring is 1. The van der Waals surface area contributed by atoms with Crippen LogP contribution in [-0.4, -0.2) is 49.6 Å². The van der Waals surface area contributed by atoms with Gasteiger partial charge in [0.15, 0.2) is 0 Å². The Kier molecular flexibility index (Phi) is 7.14. The van der Waals surface area contributed by atoms with Gasteiger partial charge in [-0.2, -0.15) is 0 Å². The number of hydrogen-bond donors (Lipinski definition) is 2. The van der Waals surface area contributed by atoms with Gasteiger partial charge in [-0.25, -0.2) is 0 Å². The molecule has 2 rings (SSSR count). The Morgan fingerprint density at radius 3 is 2.64 bits per heavy atom. The molecule has 0 spiro atoms. The fourth-order valence-corrected chi connectivity index (χ4v) is 2.44. The highest BCUT2D eigenvalue weighted by Gasteiger charge is 2.23. The van der Waals surface area contributed by atoms with Crippen LogP contribution in [0.5, 0.6) is 0 Å². The second kappa shape index (κ2) is 8.60. The van der Waals surface area contributed by atoms with Crippen molar-refractivity contribution >= 4 is 29.9 Å². The minimum atomic E-state index is -0.121. The zero-order valence-electron chi connectivity index (χ0n) is 12.6. The number of methoxy groups -OCH3 is 1. The van der Waals surface area contributed by atoms with Crippen molar-refractivity contribution in [1.29, 1.82) is 0 Å². The molecule has 6 nitrogen and oxygen atoms in total. The Morgan fingerprint density at radius 2 is 2.05 bits per heavy atom. The van der Waals surface area contributed by atoms with Crippen LogP contribution in [0.25, 0.3) is 0 Å². The lowest BCUT2D eigenvalue weighted by atomic mass is 10.0. The highest BCUT2D eigenvalue weighted by Crippen LogP contribution is 2.12. The fraction of sp³-hybridized carbons (Fsp3) is 0.467. The molecule has 22 heavy (non-hydrogen) atoms. The number of rotatable bonds is 4. The number of nitrogens with zero attached hydrogens (tertiary/aromatic N) is 1. The number of anilines is 1. The maximum atomic E-state index is 12.1. The van der Waals surface area contributed by atoms with E-state index >= 15 is 0 Å². The molecule has 0 radical (unpaired) electrons. The maximum absolute atomic E-state index is 12.1. The van der Waals surface area contributed by atoms with E-state index in [2.05, 4.69) is 5.32 Å². The average molecular weight is 328 g/mol. The number of piperidine rings is 1. The number of amides is 2. The molecule has 2 amide bonds. The normalized spacial score (nSPS) is 15.0. The van der Waals surface area contributed by atoms with Crippen LogP contribution in [0.15, 0.2) is 24.3 Å². The molecule has 1 aromatic carbocycles. The quantitative estimate of drug-likeness (QED) is 0.810. The number of benzene rings is 1. The highest BCUT2D eigenvalue weighted by atomic mass is 35.5. The molecule has 1 aromatic rings. The summed E-state index contributed by atoms with van der Waals surface area (Å²) >= 11 is 0. The van der Waals surface area contributed by atoms with Gasteiger partial charge in [0.05, 0.1) is 0 Å². The Balaban J connectivity index is 0.00000242. The number of nitrogens with two attached hydrogens (primary N) is 1. The van der Waals surface area contributed by atoms with Gasteiger partial charge in [0.2, 0.25) is 5.91 Å². The minimum absolute atomic E-state index is 0. The topological polar surface area (TPSA) is 84.7 Å². The first-order chi connectivity index (χ1) is 10.1. The zero-order chi connectivity index (χ0) is 15.2. The van der Waals surface area contributed by atoms with Crippen LogP contribution in [0.1, 0.15) is 23.2 Å². The summed E-state index contributed by atoms with van der Waals surface area (Å²) in [7, 11) is 1.51. The molecule has 0 atom stereocenters. The van der Waals surface area contributed by atoms with Crippen molar-refractivity contribution in [2.75, 3.05) is 32.5 Å². The summed E-state index contributed by atoms with van der Waals surface area (Å²) in [6, 6.07) is 6.99. The first-order valence-electron chi connectivity index (χ1n) is 7.03. The molecule has 0 unspecified atom stereocenters. The van der Waals surface area contributed by atoms with Crippen molar-refractivity contribution in [2.24, 2.45) is 0 Å². The van der Waals surface area contributed by atoms with Crippen LogP contribution in [0.4, 0.5) is 5.69 Å². The number of carbonyl (C=O) groups excluding carboxylic acids is 2. The van der Waals surface area contributed by atoms with Gasteiger partial charge in [0.1, 0.15) is 6.61 Å². The Morgan fingerprint density at radius 1 is 1.36 bits per heavy atom. The third kappa shape index (κ3) is 4.89. The van der Waals surface area contributed by atoms with Gasteiger partial charge < -0.3 is 20.7 Å². The fourth-order valence-electron chi connectivity index (χ4n) is 2.44. The molecule has 1 saturated heterocycles. The third-order valence-electron chi connectivity index (χ3n) is 3.60. The van der Waals surface area contributed by atoms with E-state index in [4.69, 9.17) is 10.5 Å². The monoisotopic (exact) mass is 327 g/mol. The van der Waals surface area contributed by atoms with Gasteiger partial charge in [-0.3, -0.25) is 9.59 Å². The summed E-state index contributed by atoms with van der Waals surface area (Å²) in [6.07, 6.45) is 1.51. The number of nitrogens with one attached hydrogen (secondary N) is 1. The van der Waals surface area contributed by atoms with Crippen LogP contribution in [0.2, 0.25) is 0 Å². The minimum Gasteiger partial charge on any atom is -0.399 e. The van der Waals surface area contributed by atoms with Gasteiger partial charge in [0, 0.05) is 37.5 Å². The summed E-state index contributed by atoms with van der Waals surface area (Å²) in [6.45, 7) is 1.40. The number of halogens is 1. The van der Waals surface area contributed by atoms with Crippen LogP contribution in [0.3, 0.4) is 0 Å². The second-order valence-corrected chi connectivity index (χ2v) is 5.19. The summed E-state index contributed by atoms with van der Waals surface area (Å²) in [5.74, 6) is -0.123. The van der Waals surface area contributed by atoms with Crippen LogP contribution in [-0.2, 0) is 9.53 Å². The Labute approximate surface area is 136 Å². The summed E-state index contributed by atoms with van der Waals surface area (Å²) < 4.78 is 4.84. The van der Waals surface area contributed by atoms with E-state index in [0.717, 1.165) is 12.8 Å². The van der Waals surface area contributed by atoms with Crippen molar-refractivity contribution in [1.82, 2.24) is 10.2 Å². The lowest BCUT2D eigenvalue weighted by Gasteiger charge is -2.32. The zero-order valence-corrected chi connectivity index (χ0v) is 13.4. The SMILES string of the molecule is COCC(=O)N1CCC(NC(=O)c2cccc(N)c2)CC1.Cl. The molecule has 0 aromatic heterocycles. The van der Waals surface area contributed by atoms with Crippen LogP contribution >= 0.6 is 12.4 Å². The van der Waals surface area contributed by atoms with Gasteiger partial charge in [-0.15, -0.1) is 12.4 Å². The van der Waals surface area contributed by atoms with Gasteiger partial charge in [-0.1, -0.05) is 6.07 Å². The first kappa shape index (κ1) is 18.3. The summed E-state index contributed by atoms with van der Waals surface area (Å²) in [4.78, 5) is 25.6. The molecule has 1 aliphatic rings. The van der Waals surface area contributed by atoms with E-state index < -0.39 is 0 Å². The molecule has 0 aliphatic carbocycles. The van der Waals surface area contributed by atoms with Crippen LogP contribution < -0.4 is 11.1 Å². The van der Waals surface area contributed by atoms with E-state index in [9.17, 15) is 9.59 Å². The molecular weight excluding hydrogens is 306 g/mol. The summed E-state index contributed by atoms with van der Waals surface area (Å²) in [5.41, 5.74) is 6.81. The van der Waals surface area contributed by atoms with Gasteiger partial charge in [0.25, 0.3) is 5.91 Å². The van der Waals surface area contributed by atoms with Crippen molar-refractivity contribution in [3.8, 4) is 0 Å². The predicted octanol–water partition coefficient (Wildman–Crippen LogP) is 1.06. The number of carbonyl (C=O) groups is 2. The lowest BCUT2D eigenvalue weighted by molar-refractivity contribution is -0.136.